The van der Waals surface area contributed by atoms with Gasteiger partial charge in [0.1, 0.15) is 6.61 Å². The molecule has 3 atom stereocenters. The van der Waals surface area contributed by atoms with Crippen molar-refractivity contribution in [2.45, 2.75) is 38.4 Å². The van der Waals surface area contributed by atoms with Crippen molar-refractivity contribution in [1.82, 2.24) is 0 Å². The van der Waals surface area contributed by atoms with E-state index in [-0.39, 0.29) is 11.9 Å². The lowest BCUT2D eigenvalue weighted by Gasteiger charge is -2.16. The molecule has 0 bridgehead atoms. The van der Waals surface area contributed by atoms with E-state index in [1.54, 1.807) is 0 Å². The Kier molecular flexibility index (Phi) is 2.87. The van der Waals surface area contributed by atoms with Crippen molar-refractivity contribution < 1.29 is 14.3 Å². The van der Waals surface area contributed by atoms with Gasteiger partial charge in [-0.3, -0.25) is 4.79 Å². The van der Waals surface area contributed by atoms with E-state index in [1.807, 2.05) is 19.1 Å². The molecule has 1 saturated carbocycles. The maximum absolute atomic E-state index is 11.5. The smallest absolute Gasteiger partial charge is 0.309 e. The molecule has 0 radical (unpaired) electrons. The van der Waals surface area contributed by atoms with Crippen LogP contribution in [0.1, 0.15) is 26.2 Å². The monoisotopic (exact) mass is 196 g/mol. The predicted molar refractivity (Wildman–Crippen MR) is 51.8 cm³/mol. The van der Waals surface area contributed by atoms with Gasteiger partial charge in [0, 0.05) is 0 Å². The molecule has 14 heavy (non-hydrogen) atoms. The molecular formula is C11H16O3. The normalized spacial score (nSPS) is 35.4. The number of hydrogen-bond donors (Lipinski definition) is 0. The van der Waals surface area contributed by atoms with Crippen LogP contribution < -0.4 is 0 Å². The highest BCUT2D eigenvalue weighted by molar-refractivity contribution is 5.72. The molecule has 2 aliphatic rings. The first-order valence-electron chi connectivity index (χ1n) is 5.24. The molecule has 3 nitrogen and oxygen atoms in total. The first-order chi connectivity index (χ1) is 6.81. The minimum atomic E-state index is -0.0583. The average molecular weight is 196 g/mol. The highest BCUT2D eigenvalue weighted by Crippen LogP contribution is 2.39. The summed E-state index contributed by atoms with van der Waals surface area (Å²) in [5.41, 5.74) is 0. The lowest BCUT2D eigenvalue weighted by Crippen LogP contribution is -2.23. The van der Waals surface area contributed by atoms with Crippen molar-refractivity contribution in [2.24, 2.45) is 5.92 Å². The minimum absolute atomic E-state index is 0.0583. The summed E-state index contributed by atoms with van der Waals surface area (Å²) >= 11 is 0. The fourth-order valence-corrected chi connectivity index (χ4v) is 1.96. The number of allylic oxidation sites excluding steroid dienone is 1. The van der Waals surface area contributed by atoms with Gasteiger partial charge in [-0.2, -0.15) is 0 Å². The molecule has 3 heteroatoms. The second-order valence-corrected chi connectivity index (χ2v) is 3.92. The summed E-state index contributed by atoms with van der Waals surface area (Å²) in [6, 6.07) is 0. The molecule has 78 valence electrons. The fourth-order valence-electron chi connectivity index (χ4n) is 1.96. The van der Waals surface area contributed by atoms with Gasteiger partial charge < -0.3 is 9.47 Å². The summed E-state index contributed by atoms with van der Waals surface area (Å²) in [7, 11) is 0. The van der Waals surface area contributed by atoms with Crippen molar-refractivity contribution in [3.8, 4) is 0 Å². The third-order valence-corrected chi connectivity index (χ3v) is 2.89. The van der Waals surface area contributed by atoms with E-state index in [4.69, 9.17) is 9.47 Å². The Balaban J connectivity index is 1.73. The van der Waals surface area contributed by atoms with E-state index in [0.29, 0.717) is 18.8 Å². The molecule has 0 aromatic heterocycles. The van der Waals surface area contributed by atoms with Crippen molar-refractivity contribution in [3.05, 3.63) is 12.2 Å². The maximum Gasteiger partial charge on any atom is 0.309 e. The van der Waals surface area contributed by atoms with Crippen LogP contribution in [-0.2, 0) is 14.3 Å². The summed E-state index contributed by atoms with van der Waals surface area (Å²) in [6.07, 6.45) is 7.34. The summed E-state index contributed by atoms with van der Waals surface area (Å²) in [5, 5.41) is 0. The van der Waals surface area contributed by atoms with E-state index in [2.05, 4.69) is 0 Å². The first-order valence-corrected chi connectivity index (χ1v) is 5.24. The molecule has 1 aliphatic carbocycles. The molecule has 3 unspecified atom stereocenters. The van der Waals surface area contributed by atoms with Crippen molar-refractivity contribution in [1.29, 1.82) is 0 Å². The largest absolute Gasteiger partial charge is 0.461 e. The SMILES string of the molecule is CC=CCOC(=O)C1CCC2OC2C1. The molecule has 2 fully saturated rings. The van der Waals surface area contributed by atoms with Crippen molar-refractivity contribution >= 4 is 5.97 Å². The van der Waals surface area contributed by atoms with Crippen LogP contribution in [0.3, 0.4) is 0 Å². The summed E-state index contributed by atoms with van der Waals surface area (Å²) in [5.74, 6) is 0.0149. The summed E-state index contributed by atoms with van der Waals surface area (Å²) in [4.78, 5) is 11.5. The van der Waals surface area contributed by atoms with Gasteiger partial charge in [0.05, 0.1) is 18.1 Å². The van der Waals surface area contributed by atoms with Gasteiger partial charge in [0.2, 0.25) is 0 Å². The van der Waals surface area contributed by atoms with Gasteiger partial charge in [-0.05, 0) is 26.2 Å². The van der Waals surface area contributed by atoms with Gasteiger partial charge in [0.25, 0.3) is 0 Å². The predicted octanol–water partition coefficient (Wildman–Crippen LogP) is 1.67. The zero-order valence-corrected chi connectivity index (χ0v) is 8.44. The molecule has 0 aromatic rings. The quantitative estimate of drug-likeness (QED) is 0.391. The molecule has 1 saturated heterocycles. The average Bonchev–Trinajstić information content (AvgIpc) is 2.95. The molecule has 2 rings (SSSR count). The van der Waals surface area contributed by atoms with Gasteiger partial charge in [-0.25, -0.2) is 0 Å². The first kappa shape index (κ1) is 9.71. The fraction of sp³-hybridized carbons (Fsp3) is 0.727. The van der Waals surface area contributed by atoms with E-state index in [0.717, 1.165) is 19.3 Å². The Labute approximate surface area is 84.1 Å². The molecule has 0 aromatic carbocycles. The zero-order valence-electron chi connectivity index (χ0n) is 8.44. The number of esters is 1. The molecule has 0 amide bonds. The second kappa shape index (κ2) is 4.13. The van der Waals surface area contributed by atoms with Gasteiger partial charge in [-0.15, -0.1) is 0 Å². The van der Waals surface area contributed by atoms with Crippen LogP contribution in [0.25, 0.3) is 0 Å². The Morgan fingerprint density at radius 3 is 3.07 bits per heavy atom. The topological polar surface area (TPSA) is 38.8 Å². The van der Waals surface area contributed by atoms with Crippen molar-refractivity contribution in [2.75, 3.05) is 6.61 Å². The molecule has 1 heterocycles. The molecule has 0 spiro atoms. The van der Waals surface area contributed by atoms with Gasteiger partial charge >= 0.3 is 5.97 Å². The van der Waals surface area contributed by atoms with E-state index < -0.39 is 0 Å². The Hall–Kier alpha value is -0.830. The van der Waals surface area contributed by atoms with Crippen LogP contribution >= 0.6 is 0 Å². The Bertz CT molecular complexity index is 247. The van der Waals surface area contributed by atoms with Crippen LogP contribution in [0.5, 0.6) is 0 Å². The van der Waals surface area contributed by atoms with Crippen LogP contribution in [0.15, 0.2) is 12.2 Å². The van der Waals surface area contributed by atoms with Gasteiger partial charge in [0.15, 0.2) is 0 Å². The lowest BCUT2D eigenvalue weighted by atomic mass is 9.89. The number of hydrogen-bond acceptors (Lipinski definition) is 3. The minimum Gasteiger partial charge on any atom is -0.461 e. The third kappa shape index (κ3) is 2.15. The Morgan fingerprint density at radius 1 is 1.50 bits per heavy atom. The summed E-state index contributed by atoms with van der Waals surface area (Å²) < 4.78 is 10.5. The number of rotatable bonds is 3. The van der Waals surface area contributed by atoms with E-state index in [9.17, 15) is 4.79 Å². The lowest BCUT2D eigenvalue weighted by molar-refractivity contribution is -0.148. The highest BCUT2D eigenvalue weighted by Gasteiger charge is 2.46. The molecule has 1 aliphatic heterocycles. The van der Waals surface area contributed by atoms with Crippen LogP contribution in [-0.4, -0.2) is 24.8 Å². The van der Waals surface area contributed by atoms with E-state index in [1.165, 1.54) is 0 Å². The van der Waals surface area contributed by atoms with Crippen LogP contribution in [0.4, 0.5) is 0 Å². The maximum atomic E-state index is 11.5. The van der Waals surface area contributed by atoms with Crippen LogP contribution in [0.2, 0.25) is 0 Å². The number of ether oxygens (including phenoxy) is 2. The number of fused-ring (bicyclic) bond motifs is 1. The second-order valence-electron chi connectivity index (χ2n) is 3.92. The zero-order chi connectivity index (χ0) is 9.97. The standard InChI is InChI=1S/C11H16O3/c1-2-3-6-13-11(12)8-4-5-9-10(7-8)14-9/h2-3,8-10H,4-7H2,1H3. The number of carbonyl (C=O) groups excluding carboxylic acids is 1. The van der Waals surface area contributed by atoms with Crippen molar-refractivity contribution in [3.63, 3.8) is 0 Å². The number of carbonyl (C=O) groups is 1. The third-order valence-electron chi connectivity index (χ3n) is 2.89. The summed E-state index contributed by atoms with van der Waals surface area (Å²) in [6.45, 7) is 2.32. The van der Waals surface area contributed by atoms with Crippen LogP contribution in [0, 0.1) is 5.92 Å². The number of epoxide rings is 1. The molecule has 0 N–H and O–H groups in total. The Morgan fingerprint density at radius 2 is 2.36 bits per heavy atom. The highest BCUT2D eigenvalue weighted by atomic mass is 16.6. The van der Waals surface area contributed by atoms with Gasteiger partial charge in [-0.1, -0.05) is 12.2 Å². The molecular weight excluding hydrogens is 180 g/mol. The van der Waals surface area contributed by atoms with E-state index >= 15 is 0 Å².